The van der Waals surface area contributed by atoms with Crippen molar-refractivity contribution in [2.24, 2.45) is 4.99 Å². The molecule has 2 aromatic carbocycles. The van der Waals surface area contributed by atoms with Crippen LogP contribution in [-0.4, -0.2) is 40.0 Å². The van der Waals surface area contributed by atoms with Crippen LogP contribution in [0.25, 0.3) is 5.69 Å². The van der Waals surface area contributed by atoms with Crippen LogP contribution in [0.2, 0.25) is 5.02 Å². The summed E-state index contributed by atoms with van der Waals surface area (Å²) in [5.74, 6) is 1.95. The first-order valence-electron chi connectivity index (χ1n) is 10.7. The number of rotatable bonds is 6. The summed E-state index contributed by atoms with van der Waals surface area (Å²) in [6, 6.07) is 12.8. The fraction of sp³-hybridized carbons (Fsp3) is 0.280. The second-order valence-corrected chi connectivity index (χ2v) is 8.55. The Morgan fingerprint density at radius 2 is 1.94 bits per heavy atom. The number of fused-ring (bicyclic) bond motifs is 3. The molecule has 0 radical (unpaired) electrons. The molecule has 170 valence electrons. The molecule has 0 fully saturated rings. The lowest BCUT2D eigenvalue weighted by Crippen LogP contribution is -2.25. The zero-order valence-corrected chi connectivity index (χ0v) is 19.8. The quantitative estimate of drug-likeness (QED) is 0.541. The van der Waals surface area contributed by atoms with Crippen molar-refractivity contribution < 1.29 is 9.53 Å². The molecule has 0 bridgehead atoms. The lowest BCUT2D eigenvalue weighted by atomic mass is 10.00. The standard InChI is InChI=1S/C25H26ClN5O2/c1-15(2)11-12-27-23(32)14-21-25-30-29-16(3)31(25)22-10-9-19(33-4)13-20(22)24(28-21)17-5-7-18(26)8-6-17/h5-11,13,21H,12,14H2,1-4H3,(H,27,32)/t21-/m1/s1. The van der Waals surface area contributed by atoms with E-state index in [0.29, 0.717) is 23.1 Å². The third-order valence-electron chi connectivity index (χ3n) is 5.44. The van der Waals surface area contributed by atoms with Crippen molar-refractivity contribution in [3.8, 4) is 11.4 Å². The first-order chi connectivity index (χ1) is 15.9. The summed E-state index contributed by atoms with van der Waals surface area (Å²) in [5, 5.41) is 12.3. The van der Waals surface area contributed by atoms with Crippen molar-refractivity contribution in [1.82, 2.24) is 20.1 Å². The maximum Gasteiger partial charge on any atom is 0.222 e. The van der Waals surface area contributed by atoms with Crippen molar-refractivity contribution in [3.05, 3.63) is 81.9 Å². The summed E-state index contributed by atoms with van der Waals surface area (Å²) in [5.41, 5.74) is 4.53. The van der Waals surface area contributed by atoms with Gasteiger partial charge in [0.25, 0.3) is 0 Å². The molecule has 1 aliphatic heterocycles. The number of nitrogens with zero attached hydrogens (tertiary/aromatic N) is 4. The summed E-state index contributed by atoms with van der Waals surface area (Å²) in [6.45, 7) is 6.36. The number of carbonyl (C=O) groups is 1. The molecule has 0 aliphatic carbocycles. The van der Waals surface area contributed by atoms with E-state index < -0.39 is 6.04 Å². The van der Waals surface area contributed by atoms with Gasteiger partial charge < -0.3 is 10.1 Å². The number of methoxy groups -OCH3 is 1. The first-order valence-corrected chi connectivity index (χ1v) is 11.1. The maximum atomic E-state index is 12.8. The largest absolute Gasteiger partial charge is 0.497 e. The minimum atomic E-state index is -0.512. The van der Waals surface area contributed by atoms with Gasteiger partial charge in [0.2, 0.25) is 5.91 Å². The van der Waals surface area contributed by atoms with E-state index in [-0.39, 0.29) is 12.3 Å². The number of nitrogens with one attached hydrogen (secondary N) is 1. The highest BCUT2D eigenvalue weighted by Crippen LogP contribution is 2.34. The van der Waals surface area contributed by atoms with Gasteiger partial charge in [-0.15, -0.1) is 10.2 Å². The maximum absolute atomic E-state index is 12.8. The average Bonchev–Trinajstić information content (AvgIpc) is 3.11. The van der Waals surface area contributed by atoms with E-state index in [1.165, 1.54) is 0 Å². The monoisotopic (exact) mass is 463 g/mol. The third-order valence-corrected chi connectivity index (χ3v) is 5.69. The van der Waals surface area contributed by atoms with E-state index in [1.54, 1.807) is 7.11 Å². The molecule has 7 nitrogen and oxygen atoms in total. The van der Waals surface area contributed by atoms with Crippen LogP contribution in [0.1, 0.15) is 49.1 Å². The molecular weight excluding hydrogens is 438 g/mol. The number of benzene rings is 2. The van der Waals surface area contributed by atoms with Crippen LogP contribution >= 0.6 is 11.6 Å². The normalized spacial score (nSPS) is 14.5. The number of aliphatic imine (C=N–C) groups is 1. The van der Waals surface area contributed by atoms with E-state index in [4.69, 9.17) is 21.3 Å². The molecule has 1 N–H and O–H groups in total. The molecule has 33 heavy (non-hydrogen) atoms. The SMILES string of the molecule is COc1ccc2c(c1)C(c1ccc(Cl)cc1)=N[C@H](CC(=O)NCC=C(C)C)c1nnc(C)n1-2. The Kier molecular flexibility index (Phi) is 6.60. The van der Waals surface area contributed by atoms with Crippen molar-refractivity contribution in [1.29, 1.82) is 0 Å². The van der Waals surface area contributed by atoms with Gasteiger partial charge in [-0.2, -0.15) is 0 Å². The average molecular weight is 464 g/mol. The number of aryl methyl sites for hydroxylation is 1. The molecule has 2 heterocycles. The fourth-order valence-corrected chi connectivity index (χ4v) is 3.92. The van der Waals surface area contributed by atoms with Gasteiger partial charge in [-0.3, -0.25) is 14.4 Å². The van der Waals surface area contributed by atoms with E-state index in [2.05, 4.69) is 15.5 Å². The third kappa shape index (κ3) is 4.83. The van der Waals surface area contributed by atoms with Crippen LogP contribution in [0.15, 0.2) is 59.1 Å². The van der Waals surface area contributed by atoms with Crippen molar-refractivity contribution in [2.75, 3.05) is 13.7 Å². The van der Waals surface area contributed by atoms with Crippen LogP contribution < -0.4 is 10.1 Å². The van der Waals surface area contributed by atoms with Crippen LogP contribution in [0.5, 0.6) is 5.75 Å². The molecule has 1 amide bonds. The van der Waals surface area contributed by atoms with Crippen LogP contribution in [0.4, 0.5) is 0 Å². The molecule has 0 saturated carbocycles. The number of hydrogen-bond donors (Lipinski definition) is 1. The molecule has 1 aliphatic rings. The van der Waals surface area contributed by atoms with Gasteiger partial charge in [-0.1, -0.05) is 35.4 Å². The molecule has 3 aromatic rings. The topological polar surface area (TPSA) is 81.4 Å². The van der Waals surface area contributed by atoms with Crippen molar-refractivity contribution >= 4 is 23.2 Å². The molecule has 0 spiro atoms. The Morgan fingerprint density at radius 1 is 1.18 bits per heavy atom. The number of ether oxygens (including phenoxy) is 1. The number of carbonyl (C=O) groups excluding carboxylic acids is 1. The molecule has 0 saturated heterocycles. The fourth-order valence-electron chi connectivity index (χ4n) is 3.79. The van der Waals surface area contributed by atoms with Gasteiger partial charge in [0, 0.05) is 22.7 Å². The van der Waals surface area contributed by atoms with Crippen molar-refractivity contribution in [3.63, 3.8) is 0 Å². The summed E-state index contributed by atoms with van der Waals surface area (Å²) >= 11 is 6.14. The Balaban J connectivity index is 1.84. The minimum absolute atomic E-state index is 0.104. The van der Waals surface area contributed by atoms with Gasteiger partial charge in [-0.25, -0.2) is 0 Å². The lowest BCUT2D eigenvalue weighted by Gasteiger charge is -2.14. The number of halogens is 1. The highest BCUT2D eigenvalue weighted by molar-refractivity contribution is 6.30. The second-order valence-electron chi connectivity index (χ2n) is 8.11. The summed E-state index contributed by atoms with van der Waals surface area (Å²) in [4.78, 5) is 17.8. The van der Waals surface area contributed by atoms with Gasteiger partial charge in [0.05, 0.1) is 24.9 Å². The van der Waals surface area contributed by atoms with Crippen LogP contribution in [-0.2, 0) is 4.79 Å². The van der Waals surface area contributed by atoms with E-state index >= 15 is 0 Å². The zero-order chi connectivity index (χ0) is 23.5. The van der Waals surface area contributed by atoms with Gasteiger partial charge in [-0.05, 0) is 51.1 Å². The Bertz CT molecular complexity index is 1240. The number of allylic oxidation sites excluding steroid dienone is 1. The number of hydrogen-bond acceptors (Lipinski definition) is 5. The molecule has 1 atom stereocenters. The second kappa shape index (κ2) is 9.58. The summed E-state index contributed by atoms with van der Waals surface area (Å²) in [6.07, 6.45) is 2.12. The molecule has 0 unspecified atom stereocenters. The molecule has 1 aromatic heterocycles. The van der Waals surface area contributed by atoms with Gasteiger partial charge >= 0.3 is 0 Å². The van der Waals surface area contributed by atoms with Gasteiger partial charge in [0.1, 0.15) is 17.6 Å². The van der Waals surface area contributed by atoms with Gasteiger partial charge in [0.15, 0.2) is 5.82 Å². The zero-order valence-electron chi connectivity index (χ0n) is 19.1. The van der Waals surface area contributed by atoms with Crippen LogP contribution in [0.3, 0.4) is 0 Å². The highest BCUT2D eigenvalue weighted by Gasteiger charge is 2.29. The van der Waals surface area contributed by atoms with E-state index in [1.807, 2.05) is 73.9 Å². The van der Waals surface area contributed by atoms with Crippen LogP contribution in [0, 0.1) is 6.92 Å². The predicted octanol–water partition coefficient (Wildman–Crippen LogP) is 4.60. The van der Waals surface area contributed by atoms with E-state index in [9.17, 15) is 4.79 Å². The minimum Gasteiger partial charge on any atom is -0.497 e. The first kappa shape index (κ1) is 22.7. The lowest BCUT2D eigenvalue weighted by molar-refractivity contribution is -0.121. The smallest absolute Gasteiger partial charge is 0.222 e. The molecule has 4 rings (SSSR count). The Hall–Kier alpha value is -3.45. The number of aromatic nitrogens is 3. The van der Waals surface area contributed by atoms with E-state index in [0.717, 1.165) is 33.9 Å². The summed E-state index contributed by atoms with van der Waals surface area (Å²) < 4.78 is 7.46. The predicted molar refractivity (Wildman–Crippen MR) is 130 cm³/mol. The highest BCUT2D eigenvalue weighted by atomic mass is 35.5. The summed E-state index contributed by atoms with van der Waals surface area (Å²) in [7, 11) is 1.63. The van der Waals surface area contributed by atoms with Crippen molar-refractivity contribution in [2.45, 2.75) is 33.2 Å². The molecular formula is C25H26ClN5O2. The molecule has 8 heteroatoms. The Morgan fingerprint density at radius 3 is 2.64 bits per heavy atom. The number of amides is 1. The Labute approximate surface area is 198 Å².